The van der Waals surface area contributed by atoms with E-state index in [1.54, 1.807) is 0 Å². The molecular weight excluding hydrogens is 881 g/mol. The van der Waals surface area contributed by atoms with Gasteiger partial charge in [0.1, 0.15) is 0 Å². The summed E-state index contributed by atoms with van der Waals surface area (Å²) in [4.78, 5) is 4.99. The van der Waals surface area contributed by atoms with E-state index in [4.69, 9.17) is 0 Å². The van der Waals surface area contributed by atoms with E-state index in [0.717, 1.165) is 28.3 Å². The van der Waals surface area contributed by atoms with Gasteiger partial charge in [0, 0.05) is 22.6 Å². The van der Waals surface area contributed by atoms with Crippen LogP contribution in [0.25, 0.3) is 76.5 Å². The summed E-state index contributed by atoms with van der Waals surface area (Å²) in [5, 5.41) is 9.97. The van der Waals surface area contributed by atoms with Crippen molar-refractivity contribution in [3.8, 4) is 33.4 Å². The lowest BCUT2D eigenvalue weighted by atomic mass is 9.64. The molecule has 13 aromatic carbocycles. The molecule has 13 aromatic rings. The van der Waals surface area contributed by atoms with Crippen molar-refractivity contribution < 1.29 is 0 Å². The van der Waals surface area contributed by atoms with Crippen molar-refractivity contribution in [3.05, 3.63) is 301 Å². The Bertz CT molecular complexity index is 4270. The highest BCUT2D eigenvalue weighted by atomic mass is 15.2. The lowest BCUT2D eigenvalue weighted by Crippen LogP contribution is -2.36. The Kier molecular flexibility index (Phi) is 9.21. The van der Waals surface area contributed by atoms with Crippen LogP contribution in [0, 0.1) is 0 Å². The van der Waals surface area contributed by atoms with E-state index in [9.17, 15) is 0 Å². The van der Waals surface area contributed by atoms with Crippen molar-refractivity contribution in [1.82, 2.24) is 0 Å². The van der Waals surface area contributed by atoms with Gasteiger partial charge in [0.15, 0.2) is 0 Å². The molecule has 0 atom stereocenters. The molecule has 0 saturated carbocycles. The molecule has 1 heterocycles. The van der Waals surface area contributed by atoms with Gasteiger partial charge in [0.25, 0.3) is 0 Å². The molecule has 2 heteroatoms. The van der Waals surface area contributed by atoms with Crippen molar-refractivity contribution in [1.29, 1.82) is 0 Å². The van der Waals surface area contributed by atoms with Crippen LogP contribution in [-0.4, -0.2) is 0 Å². The number of anilines is 6. The molecule has 0 unspecified atom stereocenters. The van der Waals surface area contributed by atoms with Crippen LogP contribution < -0.4 is 9.80 Å². The molecule has 0 fully saturated rings. The van der Waals surface area contributed by atoms with Crippen LogP contribution in [0.1, 0.15) is 22.3 Å². The van der Waals surface area contributed by atoms with Gasteiger partial charge in [-0.3, -0.25) is 0 Å². The smallest absolute Gasteiger partial charge is 0.0755 e. The second kappa shape index (κ2) is 16.3. The fourth-order valence-electron chi connectivity index (χ4n) is 12.9. The molecule has 1 aliphatic carbocycles. The Morgan fingerprint density at radius 1 is 0.260 bits per heavy atom. The number of para-hydroxylation sites is 4. The number of hydrogen-bond acceptors (Lipinski definition) is 2. The van der Waals surface area contributed by atoms with Gasteiger partial charge in [-0.05, 0) is 148 Å². The third-order valence-corrected chi connectivity index (χ3v) is 15.8. The molecule has 0 bridgehead atoms. The first-order valence-corrected chi connectivity index (χ1v) is 25.3. The summed E-state index contributed by atoms with van der Waals surface area (Å²) < 4.78 is 0. The summed E-state index contributed by atoms with van der Waals surface area (Å²) in [6, 6.07) is 104. The first kappa shape index (κ1) is 41.3. The van der Waals surface area contributed by atoms with Crippen LogP contribution in [0.2, 0.25) is 0 Å². The Hall–Kier alpha value is -9.50. The lowest BCUT2D eigenvalue weighted by molar-refractivity contribution is 0.752. The molecule has 0 aromatic heterocycles. The molecule has 73 heavy (non-hydrogen) atoms. The third-order valence-electron chi connectivity index (χ3n) is 15.8. The summed E-state index contributed by atoms with van der Waals surface area (Å²) >= 11 is 0. The number of benzene rings is 13. The van der Waals surface area contributed by atoms with Gasteiger partial charge >= 0.3 is 0 Å². The topological polar surface area (TPSA) is 6.48 Å². The van der Waals surface area contributed by atoms with E-state index in [1.165, 1.54) is 105 Å². The Labute approximate surface area is 424 Å². The van der Waals surface area contributed by atoms with Gasteiger partial charge < -0.3 is 9.80 Å². The number of hydrogen-bond donors (Lipinski definition) is 0. The molecule has 0 saturated heterocycles. The number of fused-ring (bicyclic) bond motifs is 16. The minimum atomic E-state index is -0.620. The SMILES string of the molecule is c1ccc(N2c3ccccc3C3(c4ccccc4-c4ccc(N(c5ccc6c7ccccc7c7ccccc7c6c5)c5ccccc5-c5ccccc5-c5cccc6ccccc56)cc43)c3ccccc32)cc1. The Balaban J connectivity index is 1.03. The Morgan fingerprint density at radius 2 is 0.712 bits per heavy atom. The molecule has 2 aliphatic rings. The minimum absolute atomic E-state index is 0.620. The average molecular weight is 927 g/mol. The van der Waals surface area contributed by atoms with Crippen LogP contribution in [0.3, 0.4) is 0 Å². The van der Waals surface area contributed by atoms with Crippen LogP contribution in [-0.2, 0) is 5.41 Å². The van der Waals surface area contributed by atoms with Crippen LogP contribution >= 0.6 is 0 Å². The zero-order valence-corrected chi connectivity index (χ0v) is 40.0. The maximum atomic E-state index is 2.53. The van der Waals surface area contributed by atoms with Crippen molar-refractivity contribution >= 4 is 77.2 Å². The summed E-state index contributed by atoms with van der Waals surface area (Å²) in [5.41, 5.74) is 18.5. The summed E-state index contributed by atoms with van der Waals surface area (Å²) in [7, 11) is 0. The molecular formula is C71H46N2. The third kappa shape index (κ3) is 6.05. The summed E-state index contributed by atoms with van der Waals surface area (Å²) in [6.45, 7) is 0. The van der Waals surface area contributed by atoms with E-state index in [-0.39, 0.29) is 0 Å². The summed E-state index contributed by atoms with van der Waals surface area (Å²) in [5.74, 6) is 0. The van der Waals surface area contributed by atoms with E-state index in [2.05, 4.69) is 289 Å². The van der Waals surface area contributed by atoms with Gasteiger partial charge in [-0.15, -0.1) is 0 Å². The lowest BCUT2D eigenvalue weighted by Gasteiger charge is -2.45. The van der Waals surface area contributed by atoms with E-state index in [0.29, 0.717) is 0 Å². The van der Waals surface area contributed by atoms with Crippen LogP contribution in [0.4, 0.5) is 34.1 Å². The average Bonchev–Trinajstić information content (AvgIpc) is 3.75. The zero-order valence-electron chi connectivity index (χ0n) is 40.0. The highest BCUT2D eigenvalue weighted by Crippen LogP contribution is 2.64. The van der Waals surface area contributed by atoms with Gasteiger partial charge in [-0.2, -0.15) is 0 Å². The molecule has 1 spiro atoms. The molecule has 0 radical (unpaired) electrons. The predicted octanol–water partition coefficient (Wildman–Crippen LogP) is 19.2. The molecule has 15 rings (SSSR count). The normalized spacial score (nSPS) is 13.0. The molecule has 2 nitrogen and oxygen atoms in total. The monoisotopic (exact) mass is 926 g/mol. The van der Waals surface area contributed by atoms with Gasteiger partial charge in [0.2, 0.25) is 0 Å². The van der Waals surface area contributed by atoms with Crippen LogP contribution in [0.15, 0.2) is 279 Å². The standard InChI is InChI=1S/C71H46N2/c1-2-23-48(24-3-1)73-69-39-18-15-36-65(69)71(66-37-16-19-40-70(66)73)64-35-14-12-32-60(64)61-44-42-50(46-67(61)71)72(49-41-43-59-56-29-7-6-27-54(56)55-28-9-11-31-58(55)63(59)45-49)68-38-17-13-33-62(68)57-30-10-8-26-53(57)52-34-20-22-47-21-4-5-25-51(47)52/h1-46H. The molecule has 0 amide bonds. The molecule has 340 valence electrons. The second-order valence-corrected chi connectivity index (χ2v) is 19.5. The van der Waals surface area contributed by atoms with Crippen molar-refractivity contribution in [2.24, 2.45) is 0 Å². The van der Waals surface area contributed by atoms with Crippen molar-refractivity contribution in [2.45, 2.75) is 5.41 Å². The van der Waals surface area contributed by atoms with Gasteiger partial charge in [-0.25, -0.2) is 0 Å². The zero-order chi connectivity index (χ0) is 48.0. The predicted molar refractivity (Wildman–Crippen MR) is 308 cm³/mol. The fraction of sp³-hybridized carbons (Fsp3) is 0.0141. The number of nitrogens with zero attached hydrogens (tertiary/aromatic N) is 2. The second-order valence-electron chi connectivity index (χ2n) is 19.5. The first-order chi connectivity index (χ1) is 36.3. The van der Waals surface area contributed by atoms with E-state index in [1.807, 2.05) is 0 Å². The quantitative estimate of drug-likeness (QED) is 0.153. The maximum absolute atomic E-state index is 2.53. The number of rotatable bonds is 6. The van der Waals surface area contributed by atoms with Gasteiger partial charge in [0.05, 0.1) is 22.5 Å². The fourth-order valence-corrected chi connectivity index (χ4v) is 12.9. The summed E-state index contributed by atoms with van der Waals surface area (Å²) in [6.07, 6.45) is 0. The highest BCUT2D eigenvalue weighted by Gasteiger charge is 2.52. The van der Waals surface area contributed by atoms with E-state index < -0.39 is 5.41 Å². The van der Waals surface area contributed by atoms with Crippen molar-refractivity contribution in [3.63, 3.8) is 0 Å². The Morgan fingerprint density at radius 3 is 1.41 bits per heavy atom. The molecule has 1 aliphatic heterocycles. The van der Waals surface area contributed by atoms with Gasteiger partial charge in [-0.1, -0.05) is 224 Å². The van der Waals surface area contributed by atoms with E-state index >= 15 is 0 Å². The first-order valence-electron chi connectivity index (χ1n) is 25.3. The minimum Gasteiger partial charge on any atom is -0.310 e. The molecule has 0 N–H and O–H groups in total. The largest absolute Gasteiger partial charge is 0.310 e. The maximum Gasteiger partial charge on any atom is 0.0755 e. The van der Waals surface area contributed by atoms with Crippen LogP contribution in [0.5, 0.6) is 0 Å². The highest BCUT2D eigenvalue weighted by molar-refractivity contribution is 6.26. The van der Waals surface area contributed by atoms with Crippen molar-refractivity contribution in [2.75, 3.05) is 9.80 Å².